The van der Waals surface area contributed by atoms with Gasteiger partial charge >= 0.3 is 0 Å². The molecule has 1 N–H and O–H groups in total. The van der Waals surface area contributed by atoms with Crippen LogP contribution in [0.15, 0.2) is 42.5 Å². The molecule has 0 aliphatic carbocycles. The van der Waals surface area contributed by atoms with Crippen molar-refractivity contribution in [3.63, 3.8) is 0 Å². The number of anilines is 1. The molecule has 2 aromatic rings. The number of nitrogens with zero attached hydrogens (tertiary/aromatic N) is 1. The van der Waals surface area contributed by atoms with Crippen LogP contribution in [0.2, 0.25) is 10.0 Å². The van der Waals surface area contributed by atoms with Gasteiger partial charge in [0.1, 0.15) is 0 Å². The molecule has 0 unspecified atom stereocenters. The van der Waals surface area contributed by atoms with Crippen molar-refractivity contribution < 1.29 is 4.79 Å². The molecule has 0 saturated carbocycles. The van der Waals surface area contributed by atoms with Crippen molar-refractivity contribution in [2.75, 3.05) is 18.4 Å². The van der Waals surface area contributed by atoms with Crippen LogP contribution < -0.4 is 5.32 Å². The molecule has 0 saturated heterocycles. The summed E-state index contributed by atoms with van der Waals surface area (Å²) in [6.45, 7) is 7.11. The first-order valence-corrected chi connectivity index (χ1v) is 8.36. The maximum atomic E-state index is 12.4. The summed E-state index contributed by atoms with van der Waals surface area (Å²) < 4.78 is 0. The van der Waals surface area contributed by atoms with Gasteiger partial charge in [0.05, 0.1) is 10.6 Å². The second-order valence-electron chi connectivity index (χ2n) is 5.24. The minimum Gasteiger partial charge on any atom is -0.322 e. The Labute approximate surface area is 147 Å². The molecular weight excluding hydrogens is 331 g/mol. The fourth-order valence-electron chi connectivity index (χ4n) is 2.32. The predicted molar refractivity (Wildman–Crippen MR) is 97.5 cm³/mol. The summed E-state index contributed by atoms with van der Waals surface area (Å²) in [5.74, 6) is -0.266. The van der Waals surface area contributed by atoms with Crippen LogP contribution in [0.4, 0.5) is 5.69 Å². The number of benzene rings is 2. The highest BCUT2D eigenvalue weighted by Crippen LogP contribution is 2.22. The summed E-state index contributed by atoms with van der Waals surface area (Å²) in [7, 11) is 0. The number of halogens is 2. The van der Waals surface area contributed by atoms with E-state index in [1.807, 2.05) is 18.2 Å². The van der Waals surface area contributed by atoms with E-state index in [4.69, 9.17) is 23.2 Å². The summed E-state index contributed by atoms with van der Waals surface area (Å²) >= 11 is 12.0. The Morgan fingerprint density at radius 1 is 1.09 bits per heavy atom. The number of hydrogen-bond acceptors (Lipinski definition) is 2. The minimum absolute atomic E-state index is 0.266. The van der Waals surface area contributed by atoms with Crippen molar-refractivity contribution in [1.29, 1.82) is 0 Å². The van der Waals surface area contributed by atoms with Gasteiger partial charge in [-0.1, -0.05) is 49.2 Å². The second kappa shape index (κ2) is 8.34. The SMILES string of the molecule is CCN(CC)Cc1cccc(NC(=O)c2cc(Cl)ccc2Cl)c1. The number of carbonyl (C=O) groups is 1. The molecule has 3 nitrogen and oxygen atoms in total. The van der Waals surface area contributed by atoms with Gasteiger partial charge in [0.25, 0.3) is 5.91 Å². The normalized spacial score (nSPS) is 10.8. The van der Waals surface area contributed by atoms with Crippen molar-refractivity contribution in [3.05, 3.63) is 63.6 Å². The second-order valence-corrected chi connectivity index (χ2v) is 6.08. The average Bonchev–Trinajstić information content (AvgIpc) is 2.55. The summed E-state index contributed by atoms with van der Waals surface area (Å²) in [5, 5.41) is 3.74. The van der Waals surface area contributed by atoms with Crippen molar-refractivity contribution in [1.82, 2.24) is 4.90 Å². The van der Waals surface area contributed by atoms with Crippen molar-refractivity contribution in [2.24, 2.45) is 0 Å². The number of rotatable bonds is 6. The van der Waals surface area contributed by atoms with Gasteiger partial charge in [-0.2, -0.15) is 0 Å². The van der Waals surface area contributed by atoms with E-state index in [2.05, 4.69) is 30.1 Å². The van der Waals surface area contributed by atoms with Crippen LogP contribution >= 0.6 is 23.2 Å². The quantitative estimate of drug-likeness (QED) is 0.786. The first kappa shape index (κ1) is 17.8. The van der Waals surface area contributed by atoms with Crippen LogP contribution in [-0.2, 0) is 6.54 Å². The van der Waals surface area contributed by atoms with E-state index in [1.165, 1.54) is 0 Å². The molecule has 2 rings (SSSR count). The van der Waals surface area contributed by atoms with Gasteiger partial charge in [-0.3, -0.25) is 9.69 Å². The highest BCUT2D eigenvalue weighted by molar-refractivity contribution is 6.36. The van der Waals surface area contributed by atoms with Gasteiger partial charge < -0.3 is 5.32 Å². The molecule has 0 atom stereocenters. The number of amides is 1. The van der Waals surface area contributed by atoms with Crippen molar-refractivity contribution >= 4 is 34.8 Å². The van der Waals surface area contributed by atoms with Gasteiger partial charge in [0.15, 0.2) is 0 Å². The van der Waals surface area contributed by atoms with Crippen LogP contribution in [0.5, 0.6) is 0 Å². The highest BCUT2D eigenvalue weighted by atomic mass is 35.5. The third-order valence-corrected chi connectivity index (χ3v) is 4.22. The van der Waals surface area contributed by atoms with Gasteiger partial charge in [0.2, 0.25) is 0 Å². The third-order valence-electron chi connectivity index (χ3n) is 3.66. The number of nitrogens with one attached hydrogen (secondary N) is 1. The monoisotopic (exact) mass is 350 g/mol. The van der Waals surface area contributed by atoms with Gasteiger partial charge in [-0.15, -0.1) is 0 Å². The van der Waals surface area contributed by atoms with Crippen LogP contribution in [0, 0.1) is 0 Å². The topological polar surface area (TPSA) is 32.3 Å². The van der Waals surface area contributed by atoms with E-state index in [0.29, 0.717) is 15.6 Å². The summed E-state index contributed by atoms with van der Waals surface area (Å²) in [6.07, 6.45) is 0. The highest BCUT2D eigenvalue weighted by Gasteiger charge is 2.12. The lowest BCUT2D eigenvalue weighted by molar-refractivity contribution is 0.102. The molecule has 0 aliphatic rings. The molecule has 2 aromatic carbocycles. The number of carbonyl (C=O) groups excluding carboxylic acids is 1. The van der Waals surface area contributed by atoms with Crippen molar-refractivity contribution in [3.8, 4) is 0 Å². The molecule has 5 heteroatoms. The van der Waals surface area contributed by atoms with E-state index >= 15 is 0 Å². The van der Waals surface area contributed by atoms with E-state index in [0.717, 1.165) is 30.9 Å². The molecule has 0 heterocycles. The molecule has 0 fully saturated rings. The van der Waals surface area contributed by atoms with E-state index in [-0.39, 0.29) is 5.91 Å². The summed E-state index contributed by atoms with van der Waals surface area (Å²) in [4.78, 5) is 14.7. The van der Waals surface area contributed by atoms with Gasteiger partial charge in [-0.05, 0) is 49.0 Å². The van der Waals surface area contributed by atoms with E-state index in [9.17, 15) is 4.79 Å². The zero-order valence-electron chi connectivity index (χ0n) is 13.3. The zero-order chi connectivity index (χ0) is 16.8. The Morgan fingerprint density at radius 3 is 2.52 bits per heavy atom. The summed E-state index contributed by atoms with van der Waals surface area (Å²) in [5.41, 5.74) is 2.27. The zero-order valence-corrected chi connectivity index (χ0v) is 14.8. The molecule has 0 aliphatic heterocycles. The van der Waals surface area contributed by atoms with Crippen LogP contribution in [0.25, 0.3) is 0 Å². The Kier molecular flexibility index (Phi) is 6.46. The Balaban J connectivity index is 2.13. The molecule has 1 amide bonds. The number of hydrogen-bond donors (Lipinski definition) is 1. The van der Waals surface area contributed by atoms with Gasteiger partial charge in [0, 0.05) is 17.3 Å². The van der Waals surface area contributed by atoms with E-state index < -0.39 is 0 Å². The third kappa shape index (κ3) is 4.96. The van der Waals surface area contributed by atoms with Crippen LogP contribution in [0.1, 0.15) is 29.8 Å². The molecule has 0 spiro atoms. The maximum absolute atomic E-state index is 12.4. The largest absolute Gasteiger partial charge is 0.322 e. The first-order valence-electron chi connectivity index (χ1n) is 7.61. The fourth-order valence-corrected chi connectivity index (χ4v) is 2.70. The van der Waals surface area contributed by atoms with Crippen LogP contribution in [0.3, 0.4) is 0 Å². The predicted octanol–water partition coefficient (Wildman–Crippen LogP) is 5.09. The molecule has 0 aromatic heterocycles. The summed E-state index contributed by atoms with van der Waals surface area (Å²) in [6, 6.07) is 12.7. The lowest BCUT2D eigenvalue weighted by Gasteiger charge is -2.18. The van der Waals surface area contributed by atoms with Crippen LogP contribution in [-0.4, -0.2) is 23.9 Å². The lowest BCUT2D eigenvalue weighted by atomic mass is 10.1. The fraction of sp³-hybridized carbons (Fsp3) is 0.278. The Bertz CT molecular complexity index is 684. The van der Waals surface area contributed by atoms with E-state index in [1.54, 1.807) is 18.2 Å². The standard InChI is InChI=1S/C18H20Cl2N2O/c1-3-22(4-2)12-13-6-5-7-15(10-13)21-18(23)16-11-14(19)8-9-17(16)20/h5-11H,3-4,12H2,1-2H3,(H,21,23). The minimum atomic E-state index is -0.266. The van der Waals surface area contributed by atoms with Crippen molar-refractivity contribution in [2.45, 2.75) is 20.4 Å². The maximum Gasteiger partial charge on any atom is 0.257 e. The lowest BCUT2D eigenvalue weighted by Crippen LogP contribution is -2.22. The first-order chi connectivity index (χ1) is 11.0. The van der Waals surface area contributed by atoms with Gasteiger partial charge in [-0.25, -0.2) is 0 Å². The molecule has 122 valence electrons. The molecule has 23 heavy (non-hydrogen) atoms. The molecule has 0 bridgehead atoms. The average molecular weight is 351 g/mol. The Hall–Kier alpha value is -1.55. The molecule has 0 radical (unpaired) electrons. The smallest absolute Gasteiger partial charge is 0.257 e. The Morgan fingerprint density at radius 2 is 1.83 bits per heavy atom. The molecular formula is C18H20Cl2N2O.